The van der Waals surface area contributed by atoms with E-state index in [9.17, 15) is 8.42 Å². The van der Waals surface area contributed by atoms with Gasteiger partial charge in [0.1, 0.15) is 12.4 Å². The van der Waals surface area contributed by atoms with Crippen molar-refractivity contribution in [3.05, 3.63) is 47.0 Å². The van der Waals surface area contributed by atoms with Gasteiger partial charge in [-0.3, -0.25) is 0 Å². The molecule has 8 heteroatoms. The van der Waals surface area contributed by atoms with Gasteiger partial charge in [0.15, 0.2) is 11.5 Å². The third-order valence-electron chi connectivity index (χ3n) is 3.45. The SMILES string of the molecule is Cc1cc(OCCNS(=O)(=O)c2ccc3c(c2)OCO3)ccc1Cl. The lowest BCUT2D eigenvalue weighted by atomic mass is 10.2. The Kier molecular flexibility index (Phi) is 4.84. The molecule has 0 spiro atoms. The summed E-state index contributed by atoms with van der Waals surface area (Å²) < 4.78 is 42.9. The Morgan fingerprint density at radius 3 is 2.75 bits per heavy atom. The van der Waals surface area contributed by atoms with Crippen LogP contribution in [-0.2, 0) is 10.0 Å². The van der Waals surface area contributed by atoms with Crippen LogP contribution in [0.15, 0.2) is 41.3 Å². The Morgan fingerprint density at radius 1 is 1.17 bits per heavy atom. The third-order valence-corrected chi connectivity index (χ3v) is 5.33. The summed E-state index contributed by atoms with van der Waals surface area (Å²) in [6.45, 7) is 2.31. The van der Waals surface area contributed by atoms with E-state index in [1.54, 1.807) is 24.3 Å². The van der Waals surface area contributed by atoms with Gasteiger partial charge in [-0.2, -0.15) is 0 Å². The summed E-state index contributed by atoms with van der Waals surface area (Å²) in [6.07, 6.45) is 0. The summed E-state index contributed by atoms with van der Waals surface area (Å²) in [7, 11) is -3.64. The molecule has 0 aliphatic carbocycles. The number of rotatable bonds is 6. The zero-order valence-corrected chi connectivity index (χ0v) is 14.5. The minimum absolute atomic E-state index is 0.0978. The zero-order chi connectivity index (χ0) is 17.2. The smallest absolute Gasteiger partial charge is 0.240 e. The highest BCUT2D eigenvalue weighted by Gasteiger charge is 2.19. The maximum Gasteiger partial charge on any atom is 0.240 e. The molecule has 1 heterocycles. The molecule has 0 fully saturated rings. The van der Waals surface area contributed by atoms with Crippen molar-refractivity contribution in [3.63, 3.8) is 0 Å². The van der Waals surface area contributed by atoms with E-state index in [2.05, 4.69) is 4.72 Å². The van der Waals surface area contributed by atoms with E-state index in [0.717, 1.165) is 5.56 Å². The summed E-state index contributed by atoms with van der Waals surface area (Å²) >= 11 is 5.94. The number of fused-ring (bicyclic) bond motifs is 1. The van der Waals surface area contributed by atoms with Crippen LogP contribution in [0.25, 0.3) is 0 Å². The van der Waals surface area contributed by atoms with Crippen molar-refractivity contribution in [1.29, 1.82) is 0 Å². The van der Waals surface area contributed by atoms with E-state index in [1.807, 2.05) is 6.92 Å². The van der Waals surface area contributed by atoms with Gasteiger partial charge in [0.05, 0.1) is 4.90 Å². The van der Waals surface area contributed by atoms with Crippen LogP contribution in [0.4, 0.5) is 0 Å². The maximum atomic E-state index is 12.3. The highest BCUT2D eigenvalue weighted by atomic mass is 35.5. The standard InChI is InChI=1S/C16H16ClNO5S/c1-11-8-12(2-4-14(11)17)21-7-6-18-24(19,20)13-3-5-15-16(9-13)23-10-22-15/h2-5,8-9,18H,6-7,10H2,1H3. The Labute approximate surface area is 145 Å². The van der Waals surface area contributed by atoms with Gasteiger partial charge < -0.3 is 14.2 Å². The van der Waals surface area contributed by atoms with Crippen molar-refractivity contribution in [3.8, 4) is 17.2 Å². The average molecular weight is 370 g/mol. The minimum atomic E-state index is -3.64. The van der Waals surface area contributed by atoms with Crippen LogP contribution in [0, 0.1) is 6.92 Å². The quantitative estimate of drug-likeness (QED) is 0.792. The molecule has 0 unspecified atom stereocenters. The average Bonchev–Trinajstić information content (AvgIpc) is 3.02. The van der Waals surface area contributed by atoms with E-state index in [1.165, 1.54) is 12.1 Å². The molecule has 0 amide bonds. The van der Waals surface area contributed by atoms with Crippen molar-refractivity contribution >= 4 is 21.6 Å². The lowest BCUT2D eigenvalue weighted by Crippen LogP contribution is -2.28. The van der Waals surface area contributed by atoms with Gasteiger partial charge >= 0.3 is 0 Å². The van der Waals surface area contributed by atoms with E-state index in [-0.39, 0.29) is 24.8 Å². The van der Waals surface area contributed by atoms with Crippen molar-refractivity contribution < 1.29 is 22.6 Å². The Balaban J connectivity index is 1.56. The van der Waals surface area contributed by atoms with Gasteiger partial charge in [-0.25, -0.2) is 13.1 Å². The Bertz CT molecular complexity index is 854. The molecule has 0 saturated heterocycles. The molecule has 0 atom stereocenters. The predicted molar refractivity (Wildman–Crippen MR) is 89.4 cm³/mol. The molecule has 24 heavy (non-hydrogen) atoms. The molecule has 0 saturated carbocycles. The van der Waals surface area contributed by atoms with Gasteiger partial charge in [-0.15, -0.1) is 0 Å². The van der Waals surface area contributed by atoms with E-state index < -0.39 is 10.0 Å². The van der Waals surface area contributed by atoms with Gasteiger partial charge in [-0.1, -0.05) is 11.6 Å². The van der Waals surface area contributed by atoms with Gasteiger partial charge in [0, 0.05) is 17.6 Å². The number of benzene rings is 2. The molecule has 0 bridgehead atoms. The molecular formula is C16H16ClNO5S. The van der Waals surface area contributed by atoms with Crippen molar-refractivity contribution in [1.82, 2.24) is 4.72 Å². The summed E-state index contributed by atoms with van der Waals surface area (Å²) in [5.41, 5.74) is 0.898. The second kappa shape index (κ2) is 6.88. The monoisotopic (exact) mass is 369 g/mol. The lowest BCUT2D eigenvalue weighted by Gasteiger charge is -2.10. The number of aryl methyl sites for hydroxylation is 1. The van der Waals surface area contributed by atoms with Crippen LogP contribution in [0.1, 0.15) is 5.56 Å². The fourth-order valence-corrected chi connectivity index (χ4v) is 3.32. The topological polar surface area (TPSA) is 73.9 Å². The second-order valence-electron chi connectivity index (χ2n) is 5.17. The van der Waals surface area contributed by atoms with E-state index in [0.29, 0.717) is 22.3 Å². The van der Waals surface area contributed by atoms with Crippen LogP contribution in [0.3, 0.4) is 0 Å². The number of nitrogens with one attached hydrogen (secondary N) is 1. The van der Waals surface area contributed by atoms with Crippen LogP contribution in [0.5, 0.6) is 17.2 Å². The van der Waals surface area contributed by atoms with Crippen LogP contribution < -0.4 is 18.9 Å². The fraction of sp³-hybridized carbons (Fsp3) is 0.250. The lowest BCUT2D eigenvalue weighted by molar-refractivity contribution is 0.174. The van der Waals surface area contributed by atoms with Gasteiger partial charge in [-0.05, 0) is 42.8 Å². The van der Waals surface area contributed by atoms with Gasteiger partial charge in [0.2, 0.25) is 16.8 Å². The van der Waals surface area contributed by atoms with Crippen molar-refractivity contribution in [2.24, 2.45) is 0 Å². The van der Waals surface area contributed by atoms with Crippen LogP contribution in [0.2, 0.25) is 5.02 Å². The number of ether oxygens (including phenoxy) is 3. The van der Waals surface area contributed by atoms with Crippen LogP contribution in [-0.4, -0.2) is 28.4 Å². The molecule has 0 radical (unpaired) electrons. The first kappa shape index (κ1) is 16.9. The number of hydrogen-bond donors (Lipinski definition) is 1. The first-order valence-electron chi connectivity index (χ1n) is 7.24. The molecule has 2 aromatic carbocycles. The summed E-state index contributed by atoms with van der Waals surface area (Å²) in [5.74, 6) is 1.60. The molecule has 0 aromatic heterocycles. The molecule has 1 aliphatic heterocycles. The van der Waals surface area contributed by atoms with Crippen LogP contribution >= 0.6 is 11.6 Å². The van der Waals surface area contributed by atoms with Crippen molar-refractivity contribution in [2.75, 3.05) is 19.9 Å². The predicted octanol–water partition coefficient (Wildman–Crippen LogP) is 2.73. The first-order valence-corrected chi connectivity index (χ1v) is 9.10. The van der Waals surface area contributed by atoms with Crippen molar-refractivity contribution in [2.45, 2.75) is 11.8 Å². The first-order chi connectivity index (χ1) is 11.5. The minimum Gasteiger partial charge on any atom is -0.492 e. The third kappa shape index (κ3) is 3.75. The maximum absolute atomic E-state index is 12.3. The molecule has 128 valence electrons. The normalized spacial score (nSPS) is 13.1. The number of hydrogen-bond acceptors (Lipinski definition) is 5. The number of sulfonamides is 1. The zero-order valence-electron chi connectivity index (χ0n) is 12.9. The highest BCUT2D eigenvalue weighted by Crippen LogP contribution is 2.33. The highest BCUT2D eigenvalue weighted by molar-refractivity contribution is 7.89. The number of halogens is 1. The second-order valence-corrected chi connectivity index (χ2v) is 7.35. The van der Waals surface area contributed by atoms with E-state index in [4.69, 9.17) is 25.8 Å². The molecule has 1 aliphatic rings. The molecule has 6 nitrogen and oxygen atoms in total. The summed E-state index contributed by atoms with van der Waals surface area (Å²) in [4.78, 5) is 0.120. The molecule has 2 aromatic rings. The van der Waals surface area contributed by atoms with E-state index >= 15 is 0 Å². The molecular weight excluding hydrogens is 354 g/mol. The summed E-state index contributed by atoms with van der Waals surface area (Å²) in [6, 6.07) is 9.76. The largest absolute Gasteiger partial charge is 0.492 e. The molecule has 3 rings (SSSR count). The fourth-order valence-electron chi connectivity index (χ4n) is 2.18. The Hall–Kier alpha value is -1.96. The Morgan fingerprint density at radius 2 is 1.96 bits per heavy atom. The summed E-state index contributed by atoms with van der Waals surface area (Å²) in [5, 5.41) is 0.658. The van der Waals surface area contributed by atoms with Gasteiger partial charge in [0.25, 0.3) is 0 Å². The molecule has 1 N–H and O–H groups in total.